The monoisotopic (exact) mass is 401 g/mol. The molecule has 6 nitrogen and oxygen atoms in total. The van der Waals surface area contributed by atoms with Gasteiger partial charge in [-0.3, -0.25) is 4.79 Å². The van der Waals surface area contributed by atoms with Crippen LogP contribution in [-0.2, 0) is 0 Å². The number of hydrogen-bond acceptors (Lipinski definition) is 5. The molecule has 2 heterocycles. The molecule has 1 fully saturated rings. The van der Waals surface area contributed by atoms with E-state index in [9.17, 15) is 4.79 Å². The molecule has 1 saturated heterocycles. The zero-order valence-electron chi connectivity index (χ0n) is 17.1. The summed E-state index contributed by atoms with van der Waals surface area (Å²) in [4.78, 5) is 14.9. The summed E-state index contributed by atoms with van der Waals surface area (Å²) in [6, 6.07) is 21.2. The van der Waals surface area contributed by atoms with Crippen molar-refractivity contribution in [3.05, 3.63) is 72.3 Å². The maximum absolute atomic E-state index is 12.5. The summed E-state index contributed by atoms with van der Waals surface area (Å²) < 4.78 is 0. The highest BCUT2D eigenvalue weighted by Gasteiger charge is 2.11. The highest BCUT2D eigenvalue weighted by atomic mass is 16.1. The van der Waals surface area contributed by atoms with E-state index in [1.54, 1.807) is 0 Å². The molecule has 0 atom stereocenters. The van der Waals surface area contributed by atoms with Gasteiger partial charge in [-0.1, -0.05) is 36.4 Å². The van der Waals surface area contributed by atoms with E-state index >= 15 is 0 Å². The third-order valence-corrected chi connectivity index (χ3v) is 5.27. The molecular weight excluding hydrogens is 374 g/mol. The smallest absolute Gasteiger partial charge is 0.251 e. The van der Waals surface area contributed by atoms with Crippen molar-refractivity contribution in [2.75, 3.05) is 31.5 Å². The SMILES string of the molecule is O=C(NCCCN1CCCC1)c1cccc(Nc2ccc(-c3ccccc3)nn2)c1. The summed E-state index contributed by atoms with van der Waals surface area (Å²) in [5, 5.41) is 14.8. The number of rotatable bonds is 8. The number of carbonyl (C=O) groups is 1. The van der Waals surface area contributed by atoms with Crippen LogP contribution in [0.4, 0.5) is 11.5 Å². The fraction of sp³-hybridized carbons (Fsp3) is 0.292. The number of benzene rings is 2. The van der Waals surface area contributed by atoms with Crippen molar-refractivity contribution < 1.29 is 4.79 Å². The second-order valence-corrected chi connectivity index (χ2v) is 7.53. The van der Waals surface area contributed by atoms with Crippen LogP contribution in [0.25, 0.3) is 11.3 Å². The Hall–Kier alpha value is -3.25. The minimum absolute atomic E-state index is 0.0504. The molecule has 0 bridgehead atoms. The second kappa shape index (κ2) is 9.98. The van der Waals surface area contributed by atoms with Crippen LogP contribution in [0.5, 0.6) is 0 Å². The Morgan fingerprint density at radius 3 is 2.53 bits per heavy atom. The van der Waals surface area contributed by atoms with Crippen molar-refractivity contribution in [2.45, 2.75) is 19.3 Å². The summed E-state index contributed by atoms with van der Waals surface area (Å²) in [5.41, 5.74) is 3.29. The van der Waals surface area contributed by atoms with Crippen LogP contribution in [0.3, 0.4) is 0 Å². The first-order chi connectivity index (χ1) is 14.8. The Morgan fingerprint density at radius 2 is 1.77 bits per heavy atom. The van der Waals surface area contributed by atoms with E-state index < -0.39 is 0 Å². The van der Waals surface area contributed by atoms with Gasteiger partial charge in [0, 0.05) is 23.4 Å². The van der Waals surface area contributed by atoms with Gasteiger partial charge in [0.15, 0.2) is 5.82 Å². The average molecular weight is 402 g/mol. The quantitative estimate of drug-likeness (QED) is 0.556. The van der Waals surface area contributed by atoms with Crippen LogP contribution in [0.1, 0.15) is 29.6 Å². The molecule has 0 radical (unpaired) electrons. The third-order valence-electron chi connectivity index (χ3n) is 5.27. The number of nitrogens with one attached hydrogen (secondary N) is 2. The Balaban J connectivity index is 1.31. The van der Waals surface area contributed by atoms with Crippen LogP contribution in [-0.4, -0.2) is 47.2 Å². The van der Waals surface area contributed by atoms with Crippen molar-refractivity contribution in [3.8, 4) is 11.3 Å². The first kappa shape index (κ1) is 20.0. The maximum Gasteiger partial charge on any atom is 0.251 e. The molecular formula is C24H27N5O. The van der Waals surface area contributed by atoms with Gasteiger partial charge in [0.1, 0.15) is 0 Å². The Bertz CT molecular complexity index is 953. The molecule has 1 aliphatic rings. The van der Waals surface area contributed by atoms with Crippen molar-refractivity contribution in [1.29, 1.82) is 0 Å². The number of aromatic nitrogens is 2. The van der Waals surface area contributed by atoms with Crippen LogP contribution in [0, 0.1) is 0 Å². The lowest BCUT2D eigenvalue weighted by Gasteiger charge is -2.14. The van der Waals surface area contributed by atoms with Crippen LogP contribution >= 0.6 is 0 Å². The van der Waals surface area contributed by atoms with Gasteiger partial charge in [0.25, 0.3) is 5.91 Å². The lowest BCUT2D eigenvalue weighted by molar-refractivity contribution is 0.0952. The number of carbonyl (C=O) groups excluding carboxylic acids is 1. The third kappa shape index (κ3) is 5.42. The minimum atomic E-state index is -0.0504. The van der Waals surface area contributed by atoms with E-state index in [1.807, 2.05) is 66.7 Å². The van der Waals surface area contributed by atoms with E-state index in [2.05, 4.69) is 25.7 Å². The molecule has 2 aromatic carbocycles. The van der Waals surface area contributed by atoms with Gasteiger partial charge in [-0.05, 0) is 69.2 Å². The lowest BCUT2D eigenvalue weighted by atomic mass is 10.1. The zero-order chi connectivity index (χ0) is 20.6. The van der Waals surface area contributed by atoms with Gasteiger partial charge in [-0.2, -0.15) is 0 Å². The Morgan fingerprint density at radius 1 is 0.933 bits per heavy atom. The first-order valence-electron chi connectivity index (χ1n) is 10.5. The van der Waals surface area contributed by atoms with Gasteiger partial charge in [0.05, 0.1) is 5.69 Å². The molecule has 0 unspecified atom stereocenters. The Kier molecular flexibility index (Phi) is 6.67. The van der Waals surface area contributed by atoms with Gasteiger partial charge in [-0.25, -0.2) is 0 Å². The summed E-state index contributed by atoms with van der Waals surface area (Å²) in [6.07, 6.45) is 3.57. The molecule has 1 aliphatic heterocycles. The predicted octanol–water partition coefficient (Wildman–Crippen LogP) is 4.10. The standard InChI is InChI=1S/C24H27N5O/c30-24(25-14-7-17-29-15-4-5-16-29)20-10-6-11-21(18-20)26-23-13-12-22(27-28-23)19-8-2-1-3-9-19/h1-3,6,8-13,18H,4-5,7,14-17H2,(H,25,30)(H,26,28). The number of hydrogen-bond donors (Lipinski definition) is 2. The van der Waals surface area contributed by atoms with Crippen LogP contribution < -0.4 is 10.6 Å². The summed E-state index contributed by atoms with van der Waals surface area (Å²) >= 11 is 0. The molecule has 3 aromatic rings. The largest absolute Gasteiger partial charge is 0.352 e. The number of anilines is 2. The summed E-state index contributed by atoms with van der Waals surface area (Å²) in [6.45, 7) is 4.13. The molecule has 154 valence electrons. The van der Waals surface area contributed by atoms with E-state index in [0.29, 0.717) is 17.9 Å². The van der Waals surface area contributed by atoms with Gasteiger partial charge < -0.3 is 15.5 Å². The molecule has 6 heteroatoms. The Labute approximate surface area is 177 Å². The maximum atomic E-state index is 12.5. The molecule has 0 spiro atoms. The number of likely N-dealkylation sites (tertiary alicyclic amines) is 1. The van der Waals surface area contributed by atoms with Crippen molar-refractivity contribution in [3.63, 3.8) is 0 Å². The molecule has 2 N–H and O–H groups in total. The second-order valence-electron chi connectivity index (χ2n) is 7.53. The number of amides is 1. The fourth-order valence-corrected chi connectivity index (χ4v) is 3.66. The van der Waals surface area contributed by atoms with Crippen LogP contribution in [0.15, 0.2) is 66.7 Å². The molecule has 4 rings (SSSR count). The van der Waals surface area contributed by atoms with E-state index in [-0.39, 0.29) is 5.91 Å². The summed E-state index contributed by atoms with van der Waals surface area (Å²) in [7, 11) is 0. The van der Waals surface area contributed by atoms with Gasteiger partial charge in [-0.15, -0.1) is 10.2 Å². The van der Waals surface area contributed by atoms with E-state index in [4.69, 9.17) is 0 Å². The first-order valence-corrected chi connectivity index (χ1v) is 10.5. The predicted molar refractivity (Wildman–Crippen MR) is 120 cm³/mol. The normalized spacial score (nSPS) is 13.9. The fourth-order valence-electron chi connectivity index (χ4n) is 3.66. The molecule has 1 aromatic heterocycles. The minimum Gasteiger partial charge on any atom is -0.352 e. The highest BCUT2D eigenvalue weighted by Crippen LogP contribution is 2.19. The topological polar surface area (TPSA) is 70.2 Å². The average Bonchev–Trinajstić information content (AvgIpc) is 3.31. The zero-order valence-corrected chi connectivity index (χ0v) is 17.1. The van der Waals surface area contributed by atoms with E-state index in [0.717, 1.165) is 29.9 Å². The lowest BCUT2D eigenvalue weighted by Crippen LogP contribution is -2.28. The van der Waals surface area contributed by atoms with Crippen molar-refractivity contribution >= 4 is 17.4 Å². The number of nitrogens with zero attached hydrogens (tertiary/aromatic N) is 3. The molecule has 1 amide bonds. The highest BCUT2D eigenvalue weighted by molar-refractivity contribution is 5.95. The molecule has 30 heavy (non-hydrogen) atoms. The van der Waals surface area contributed by atoms with Crippen molar-refractivity contribution in [2.24, 2.45) is 0 Å². The van der Waals surface area contributed by atoms with Crippen LogP contribution in [0.2, 0.25) is 0 Å². The van der Waals surface area contributed by atoms with Gasteiger partial charge >= 0.3 is 0 Å². The molecule has 0 saturated carbocycles. The van der Waals surface area contributed by atoms with E-state index in [1.165, 1.54) is 25.9 Å². The van der Waals surface area contributed by atoms with Crippen molar-refractivity contribution in [1.82, 2.24) is 20.4 Å². The summed E-state index contributed by atoms with van der Waals surface area (Å²) in [5.74, 6) is 0.587. The van der Waals surface area contributed by atoms with Gasteiger partial charge in [0.2, 0.25) is 0 Å². The molecule has 0 aliphatic carbocycles.